The molecular weight excluding hydrogens is 142 g/mol. The van der Waals surface area contributed by atoms with Crippen LogP contribution in [0.3, 0.4) is 0 Å². The lowest BCUT2D eigenvalue weighted by Gasteiger charge is -2.12. The molecule has 4 N–H and O–H groups in total. The molecule has 5 nitrogen and oxygen atoms in total. The van der Waals surface area contributed by atoms with Gasteiger partial charge in [-0.05, 0) is 0 Å². The summed E-state index contributed by atoms with van der Waals surface area (Å²) in [6.45, 7) is 0. The maximum Gasteiger partial charge on any atom is 0.222 e. The highest BCUT2D eigenvalue weighted by Gasteiger charge is 2.02. The second-order valence-corrected chi connectivity index (χ2v) is 2.40. The van der Waals surface area contributed by atoms with E-state index in [0.717, 1.165) is 0 Å². The van der Waals surface area contributed by atoms with Gasteiger partial charge in [0.25, 0.3) is 0 Å². The number of rotatable bonds is 1. The molecule has 1 aromatic rings. The Morgan fingerprint density at radius 1 is 1.36 bits per heavy atom. The van der Waals surface area contributed by atoms with Gasteiger partial charge in [-0.15, -0.1) is 0 Å². The topological polar surface area (TPSA) is 81.1 Å². The molecule has 1 rings (SSSR count). The first-order valence-corrected chi connectivity index (χ1v) is 3.16. The minimum atomic E-state index is 0.239. The Kier molecular flexibility index (Phi) is 1.80. The monoisotopic (exact) mass is 153 g/mol. The van der Waals surface area contributed by atoms with Crippen LogP contribution in [0.2, 0.25) is 0 Å². The summed E-state index contributed by atoms with van der Waals surface area (Å²) in [5.74, 6) is 0.889. The highest BCUT2D eigenvalue weighted by molar-refractivity contribution is 5.61. The van der Waals surface area contributed by atoms with Gasteiger partial charge in [-0.3, -0.25) is 0 Å². The van der Waals surface area contributed by atoms with Crippen molar-refractivity contribution in [3.63, 3.8) is 0 Å². The van der Waals surface area contributed by atoms with E-state index in [2.05, 4.69) is 9.97 Å². The molecule has 1 heterocycles. The minimum absolute atomic E-state index is 0.239. The Labute approximate surface area is 65.0 Å². The molecule has 0 fully saturated rings. The van der Waals surface area contributed by atoms with Crippen LogP contribution >= 0.6 is 0 Å². The second-order valence-electron chi connectivity index (χ2n) is 2.40. The minimum Gasteiger partial charge on any atom is -0.394 e. The van der Waals surface area contributed by atoms with Crippen molar-refractivity contribution in [3.05, 3.63) is 6.20 Å². The van der Waals surface area contributed by atoms with Crippen molar-refractivity contribution in [2.45, 2.75) is 0 Å². The van der Waals surface area contributed by atoms with E-state index in [1.165, 1.54) is 6.20 Å². The van der Waals surface area contributed by atoms with Gasteiger partial charge < -0.3 is 16.4 Å². The van der Waals surface area contributed by atoms with Gasteiger partial charge in [0.05, 0.1) is 11.9 Å². The Balaban J connectivity index is 3.13. The van der Waals surface area contributed by atoms with Crippen molar-refractivity contribution in [1.29, 1.82) is 0 Å². The van der Waals surface area contributed by atoms with E-state index < -0.39 is 0 Å². The Morgan fingerprint density at radius 2 is 2.00 bits per heavy atom. The number of anilines is 3. The predicted octanol–water partition coefficient (Wildman–Crippen LogP) is -0.293. The molecule has 1 aromatic heterocycles. The zero-order valence-corrected chi connectivity index (χ0v) is 6.57. The van der Waals surface area contributed by atoms with Crippen LogP contribution in [0.25, 0.3) is 0 Å². The Morgan fingerprint density at radius 3 is 2.45 bits per heavy atom. The maximum absolute atomic E-state index is 5.57. The fourth-order valence-corrected chi connectivity index (χ4v) is 0.754. The summed E-state index contributed by atoms with van der Waals surface area (Å²) in [5.41, 5.74) is 11.5. The van der Waals surface area contributed by atoms with Crippen molar-refractivity contribution < 1.29 is 0 Å². The summed E-state index contributed by atoms with van der Waals surface area (Å²) >= 11 is 0. The van der Waals surface area contributed by atoms with Gasteiger partial charge in [0.15, 0.2) is 5.82 Å². The molecule has 0 saturated carbocycles. The third-order valence-corrected chi connectivity index (χ3v) is 1.24. The summed E-state index contributed by atoms with van der Waals surface area (Å²) in [6.07, 6.45) is 1.50. The molecule has 0 aliphatic rings. The summed E-state index contributed by atoms with van der Waals surface area (Å²) in [7, 11) is 3.69. The van der Waals surface area contributed by atoms with Crippen LogP contribution in [0.15, 0.2) is 6.20 Å². The summed E-state index contributed by atoms with van der Waals surface area (Å²) in [5, 5.41) is 0. The molecule has 60 valence electrons. The van der Waals surface area contributed by atoms with Crippen molar-refractivity contribution in [1.82, 2.24) is 9.97 Å². The van der Waals surface area contributed by atoms with Crippen molar-refractivity contribution in [2.24, 2.45) is 0 Å². The van der Waals surface area contributed by atoms with Gasteiger partial charge in [0.2, 0.25) is 5.95 Å². The maximum atomic E-state index is 5.57. The van der Waals surface area contributed by atoms with E-state index in [1.807, 2.05) is 14.1 Å². The van der Waals surface area contributed by atoms with Crippen LogP contribution in [0.4, 0.5) is 17.5 Å². The third-order valence-electron chi connectivity index (χ3n) is 1.24. The molecule has 0 atom stereocenters. The Hall–Kier alpha value is -1.52. The number of hydrogen-bond donors (Lipinski definition) is 2. The quantitative estimate of drug-likeness (QED) is 0.579. The summed E-state index contributed by atoms with van der Waals surface area (Å²) in [6, 6.07) is 0. The predicted molar refractivity (Wildman–Crippen MR) is 45.2 cm³/mol. The molecular formula is C6H11N5. The first-order valence-electron chi connectivity index (χ1n) is 3.16. The van der Waals surface area contributed by atoms with Gasteiger partial charge in [-0.1, -0.05) is 0 Å². The van der Waals surface area contributed by atoms with Crippen LogP contribution in [-0.4, -0.2) is 24.1 Å². The zero-order chi connectivity index (χ0) is 8.43. The van der Waals surface area contributed by atoms with Gasteiger partial charge in [0.1, 0.15) is 0 Å². The second kappa shape index (κ2) is 2.61. The number of aromatic nitrogens is 2. The number of nitrogens with two attached hydrogens (primary N) is 2. The highest BCUT2D eigenvalue weighted by Crippen LogP contribution is 2.16. The first kappa shape index (κ1) is 7.59. The van der Waals surface area contributed by atoms with Crippen molar-refractivity contribution in [2.75, 3.05) is 30.5 Å². The first-order chi connectivity index (χ1) is 5.11. The van der Waals surface area contributed by atoms with Crippen LogP contribution in [0.1, 0.15) is 0 Å². The van der Waals surface area contributed by atoms with Crippen molar-refractivity contribution >= 4 is 17.5 Å². The average molecular weight is 153 g/mol. The summed E-state index contributed by atoms with van der Waals surface area (Å²) in [4.78, 5) is 9.46. The number of nitrogen functional groups attached to an aromatic ring is 2. The van der Waals surface area contributed by atoms with Crippen LogP contribution in [0, 0.1) is 0 Å². The molecule has 0 unspecified atom stereocenters. The largest absolute Gasteiger partial charge is 0.394 e. The average Bonchev–Trinajstić information content (AvgIpc) is 1.94. The third kappa shape index (κ3) is 1.49. The van der Waals surface area contributed by atoms with E-state index in [4.69, 9.17) is 11.5 Å². The molecule has 5 heteroatoms. The van der Waals surface area contributed by atoms with Gasteiger partial charge in [0, 0.05) is 14.1 Å². The molecule has 0 amide bonds. The SMILES string of the molecule is CN(C)c1nc(N)ncc1N. The van der Waals surface area contributed by atoms with E-state index in [-0.39, 0.29) is 5.95 Å². The summed E-state index contributed by atoms with van der Waals surface area (Å²) < 4.78 is 0. The van der Waals surface area contributed by atoms with Gasteiger partial charge >= 0.3 is 0 Å². The molecule has 0 aromatic carbocycles. The Bertz CT molecular complexity index is 257. The lowest BCUT2D eigenvalue weighted by atomic mass is 10.4. The normalized spacial score (nSPS) is 9.64. The van der Waals surface area contributed by atoms with E-state index in [1.54, 1.807) is 4.90 Å². The standard InChI is InChI=1S/C6H11N5/c1-11(2)5-4(7)3-9-6(8)10-5/h3H,7H2,1-2H3,(H2,8,9,10). The lowest BCUT2D eigenvalue weighted by molar-refractivity contribution is 1.05. The molecule has 11 heavy (non-hydrogen) atoms. The molecule has 0 saturated heterocycles. The van der Waals surface area contributed by atoms with Gasteiger partial charge in [-0.2, -0.15) is 4.98 Å². The van der Waals surface area contributed by atoms with E-state index in [0.29, 0.717) is 11.5 Å². The zero-order valence-electron chi connectivity index (χ0n) is 6.57. The lowest BCUT2D eigenvalue weighted by Crippen LogP contribution is -2.14. The van der Waals surface area contributed by atoms with Crippen molar-refractivity contribution in [3.8, 4) is 0 Å². The van der Waals surface area contributed by atoms with Crippen LogP contribution in [-0.2, 0) is 0 Å². The number of nitrogens with zero attached hydrogens (tertiary/aromatic N) is 3. The molecule has 0 aliphatic heterocycles. The number of hydrogen-bond acceptors (Lipinski definition) is 5. The molecule has 0 aliphatic carbocycles. The van der Waals surface area contributed by atoms with Crippen LogP contribution in [0.5, 0.6) is 0 Å². The smallest absolute Gasteiger partial charge is 0.222 e. The van der Waals surface area contributed by atoms with Gasteiger partial charge in [-0.25, -0.2) is 4.98 Å². The van der Waals surface area contributed by atoms with Crippen LogP contribution < -0.4 is 16.4 Å². The fraction of sp³-hybridized carbons (Fsp3) is 0.333. The molecule has 0 radical (unpaired) electrons. The van der Waals surface area contributed by atoms with E-state index in [9.17, 15) is 0 Å². The fourth-order valence-electron chi connectivity index (χ4n) is 0.754. The molecule has 0 bridgehead atoms. The highest BCUT2D eigenvalue weighted by atomic mass is 15.2. The molecule has 0 spiro atoms. The van der Waals surface area contributed by atoms with E-state index >= 15 is 0 Å².